The summed E-state index contributed by atoms with van der Waals surface area (Å²) in [5, 5.41) is 0. The van der Waals surface area contributed by atoms with Gasteiger partial charge in [-0.25, -0.2) is 4.39 Å². The molecule has 100 valence electrons. The second-order valence-electron chi connectivity index (χ2n) is 4.21. The zero-order chi connectivity index (χ0) is 13.7. The van der Waals surface area contributed by atoms with Crippen LogP contribution in [0.4, 0.5) is 4.39 Å². The molecule has 1 aromatic heterocycles. The van der Waals surface area contributed by atoms with E-state index in [1.807, 2.05) is 37.3 Å². The Bertz CT molecular complexity index is 519. The minimum Gasteiger partial charge on any atom is -0.372 e. The third-order valence-electron chi connectivity index (χ3n) is 2.96. The highest BCUT2D eigenvalue weighted by Crippen LogP contribution is 2.31. The highest BCUT2D eigenvalue weighted by Gasteiger charge is 2.24. The van der Waals surface area contributed by atoms with Crippen molar-refractivity contribution in [3.05, 3.63) is 65.7 Å². The van der Waals surface area contributed by atoms with Crippen molar-refractivity contribution in [2.75, 3.05) is 6.61 Å². The normalized spacial score (nSPS) is 14.1. The maximum atomic E-state index is 13.8. The summed E-state index contributed by atoms with van der Waals surface area (Å²) in [6.45, 7) is 2.41. The van der Waals surface area contributed by atoms with Gasteiger partial charge in [-0.15, -0.1) is 0 Å². The van der Waals surface area contributed by atoms with Gasteiger partial charge in [0.05, 0.1) is 12.2 Å². The summed E-state index contributed by atoms with van der Waals surface area (Å²) in [7, 11) is 0. The van der Waals surface area contributed by atoms with E-state index in [0.29, 0.717) is 12.2 Å². The molecule has 1 aromatic carbocycles. The number of hydrogen-bond donors (Lipinski definition) is 1. The average Bonchev–Trinajstić information content (AvgIpc) is 2.45. The maximum Gasteiger partial charge on any atom is 0.146 e. The first-order valence-electron chi connectivity index (χ1n) is 6.25. The number of ether oxygens (including phenoxy) is 1. The molecule has 0 saturated heterocycles. The van der Waals surface area contributed by atoms with Crippen molar-refractivity contribution in [1.29, 1.82) is 0 Å². The van der Waals surface area contributed by atoms with E-state index >= 15 is 0 Å². The second-order valence-corrected chi connectivity index (χ2v) is 4.21. The van der Waals surface area contributed by atoms with Crippen molar-refractivity contribution >= 4 is 0 Å². The van der Waals surface area contributed by atoms with E-state index < -0.39 is 11.9 Å². The summed E-state index contributed by atoms with van der Waals surface area (Å²) in [6, 6.07) is 10.6. The van der Waals surface area contributed by atoms with E-state index in [2.05, 4.69) is 4.98 Å². The van der Waals surface area contributed by atoms with Gasteiger partial charge in [-0.2, -0.15) is 0 Å². The monoisotopic (exact) mass is 260 g/mol. The Morgan fingerprint density at radius 3 is 2.63 bits per heavy atom. The number of pyridine rings is 1. The average molecular weight is 260 g/mol. The minimum atomic E-state index is -0.564. The molecule has 1 heterocycles. The molecule has 0 aliphatic carbocycles. The van der Waals surface area contributed by atoms with Crippen LogP contribution in [-0.2, 0) is 4.74 Å². The molecule has 4 heteroatoms. The summed E-state index contributed by atoms with van der Waals surface area (Å²) >= 11 is 0. The van der Waals surface area contributed by atoms with Gasteiger partial charge in [-0.05, 0) is 18.6 Å². The first-order valence-corrected chi connectivity index (χ1v) is 6.25. The van der Waals surface area contributed by atoms with Crippen molar-refractivity contribution in [3.8, 4) is 0 Å². The van der Waals surface area contributed by atoms with Crippen LogP contribution in [0.15, 0.2) is 48.8 Å². The fourth-order valence-corrected chi connectivity index (χ4v) is 2.05. The minimum absolute atomic E-state index is 0.372. The molecule has 0 fully saturated rings. The van der Waals surface area contributed by atoms with Gasteiger partial charge in [0, 0.05) is 18.4 Å². The Hall–Kier alpha value is -1.78. The molecule has 19 heavy (non-hydrogen) atoms. The van der Waals surface area contributed by atoms with E-state index in [1.54, 1.807) is 6.07 Å². The third-order valence-corrected chi connectivity index (χ3v) is 2.96. The summed E-state index contributed by atoms with van der Waals surface area (Å²) in [6.07, 6.45) is 2.33. The Labute approximate surface area is 112 Å². The molecule has 2 atom stereocenters. The van der Waals surface area contributed by atoms with Crippen LogP contribution in [0.25, 0.3) is 0 Å². The van der Waals surface area contributed by atoms with Crippen LogP contribution in [0.5, 0.6) is 0 Å². The predicted octanol–water partition coefficient (Wildman–Crippen LogP) is 3.00. The van der Waals surface area contributed by atoms with Crippen LogP contribution in [0.3, 0.4) is 0 Å². The number of nitrogens with two attached hydrogens (primary N) is 1. The molecule has 0 amide bonds. The number of halogens is 1. The van der Waals surface area contributed by atoms with Crippen LogP contribution in [-0.4, -0.2) is 11.6 Å². The summed E-state index contributed by atoms with van der Waals surface area (Å²) < 4.78 is 19.4. The smallest absolute Gasteiger partial charge is 0.146 e. The lowest BCUT2D eigenvalue weighted by molar-refractivity contribution is 0.0421. The van der Waals surface area contributed by atoms with E-state index in [1.165, 1.54) is 12.4 Å². The van der Waals surface area contributed by atoms with Crippen molar-refractivity contribution in [1.82, 2.24) is 4.98 Å². The van der Waals surface area contributed by atoms with E-state index in [0.717, 1.165) is 5.56 Å². The number of nitrogens with zero attached hydrogens (tertiary/aromatic N) is 1. The van der Waals surface area contributed by atoms with Crippen LogP contribution >= 0.6 is 0 Å². The van der Waals surface area contributed by atoms with Crippen LogP contribution in [0.1, 0.15) is 30.2 Å². The fourth-order valence-electron chi connectivity index (χ4n) is 2.05. The zero-order valence-electron chi connectivity index (χ0n) is 10.8. The van der Waals surface area contributed by atoms with Gasteiger partial charge in [-0.1, -0.05) is 30.3 Å². The molecular weight excluding hydrogens is 243 g/mol. The lowest BCUT2D eigenvalue weighted by Gasteiger charge is -2.24. The van der Waals surface area contributed by atoms with Crippen molar-refractivity contribution in [2.24, 2.45) is 5.73 Å². The lowest BCUT2D eigenvalue weighted by atomic mass is 9.97. The van der Waals surface area contributed by atoms with Crippen molar-refractivity contribution < 1.29 is 9.13 Å². The molecule has 0 aliphatic rings. The second kappa shape index (κ2) is 6.41. The first-order chi connectivity index (χ1) is 9.24. The Morgan fingerprint density at radius 1 is 1.26 bits per heavy atom. The highest BCUT2D eigenvalue weighted by molar-refractivity contribution is 5.25. The number of rotatable bonds is 5. The van der Waals surface area contributed by atoms with Gasteiger partial charge in [0.2, 0.25) is 0 Å². The fraction of sp³-hybridized carbons (Fsp3) is 0.267. The van der Waals surface area contributed by atoms with E-state index in [4.69, 9.17) is 10.5 Å². The quantitative estimate of drug-likeness (QED) is 0.899. The van der Waals surface area contributed by atoms with Crippen LogP contribution < -0.4 is 5.73 Å². The number of hydrogen-bond acceptors (Lipinski definition) is 3. The van der Waals surface area contributed by atoms with Gasteiger partial charge in [0.15, 0.2) is 0 Å². The zero-order valence-corrected chi connectivity index (χ0v) is 10.8. The van der Waals surface area contributed by atoms with Gasteiger partial charge < -0.3 is 10.5 Å². The van der Waals surface area contributed by atoms with Gasteiger partial charge in [0.1, 0.15) is 11.9 Å². The van der Waals surface area contributed by atoms with E-state index in [-0.39, 0.29) is 6.10 Å². The van der Waals surface area contributed by atoms with Crippen LogP contribution in [0, 0.1) is 5.82 Å². The molecule has 3 nitrogen and oxygen atoms in total. The molecule has 0 radical (unpaired) electrons. The largest absolute Gasteiger partial charge is 0.372 e. The molecule has 0 spiro atoms. The number of benzene rings is 1. The summed E-state index contributed by atoms with van der Waals surface area (Å²) in [5.74, 6) is -0.407. The van der Waals surface area contributed by atoms with Crippen molar-refractivity contribution in [3.63, 3.8) is 0 Å². The van der Waals surface area contributed by atoms with Crippen LogP contribution in [0.2, 0.25) is 0 Å². The molecule has 0 aliphatic heterocycles. The Kier molecular flexibility index (Phi) is 4.60. The summed E-state index contributed by atoms with van der Waals surface area (Å²) in [4.78, 5) is 3.73. The molecule has 2 rings (SSSR count). The molecule has 0 bridgehead atoms. The van der Waals surface area contributed by atoms with Gasteiger partial charge >= 0.3 is 0 Å². The Morgan fingerprint density at radius 2 is 2.00 bits per heavy atom. The Balaban J connectivity index is 2.32. The third kappa shape index (κ3) is 3.16. The van der Waals surface area contributed by atoms with Gasteiger partial charge in [0.25, 0.3) is 0 Å². The van der Waals surface area contributed by atoms with E-state index in [9.17, 15) is 4.39 Å². The highest BCUT2D eigenvalue weighted by atomic mass is 19.1. The number of aromatic nitrogens is 1. The maximum absolute atomic E-state index is 13.8. The van der Waals surface area contributed by atoms with Gasteiger partial charge in [-0.3, -0.25) is 4.98 Å². The molecular formula is C15H17FN2O. The predicted molar refractivity (Wildman–Crippen MR) is 71.9 cm³/mol. The molecule has 2 N–H and O–H groups in total. The first kappa shape index (κ1) is 13.6. The molecule has 2 aromatic rings. The lowest BCUT2D eigenvalue weighted by Crippen LogP contribution is -2.23. The standard InChI is InChI=1S/C15H17FN2O/c1-2-19-15(11-6-4-3-5-7-11)14(17)12-8-9-18-10-13(12)16/h3-10,14-15H,2,17H2,1H3. The molecule has 2 unspecified atom stereocenters. The van der Waals surface area contributed by atoms with Crippen molar-refractivity contribution in [2.45, 2.75) is 19.1 Å². The topological polar surface area (TPSA) is 48.1 Å². The summed E-state index contributed by atoms with van der Waals surface area (Å²) in [5.41, 5.74) is 7.52. The molecule has 0 saturated carbocycles. The SMILES string of the molecule is CCOC(c1ccccc1)C(N)c1ccncc1F.